The minimum atomic E-state index is -0.774. The summed E-state index contributed by atoms with van der Waals surface area (Å²) in [6.45, 7) is 3.67. The first-order chi connectivity index (χ1) is 9.08. The van der Waals surface area contributed by atoms with Crippen LogP contribution in [0.3, 0.4) is 0 Å². The molecule has 0 unspecified atom stereocenters. The first-order valence-electron chi connectivity index (χ1n) is 5.82. The van der Waals surface area contributed by atoms with E-state index in [1.54, 1.807) is 25.1 Å². The van der Waals surface area contributed by atoms with Gasteiger partial charge in [-0.3, -0.25) is 4.79 Å². The van der Waals surface area contributed by atoms with Crippen LogP contribution < -0.4 is 5.32 Å². The van der Waals surface area contributed by atoms with E-state index in [1.165, 1.54) is 0 Å². The molecule has 19 heavy (non-hydrogen) atoms. The average Bonchev–Trinajstić information content (AvgIpc) is 2.68. The van der Waals surface area contributed by atoms with E-state index < -0.39 is 11.9 Å². The second-order valence-electron chi connectivity index (χ2n) is 4.09. The number of benzene rings is 1. The maximum absolute atomic E-state index is 11.9. The lowest BCUT2D eigenvalue weighted by Crippen LogP contribution is -2.13. The normalized spacial score (nSPS) is 15.3. The molecule has 1 aliphatic heterocycles. The highest BCUT2D eigenvalue weighted by Crippen LogP contribution is 2.34. The monoisotopic (exact) mass is 256 g/mol. The Kier molecular flexibility index (Phi) is 3.34. The predicted molar refractivity (Wildman–Crippen MR) is 69.0 cm³/mol. The predicted octanol–water partition coefficient (Wildman–Crippen LogP) is 1.79. The van der Waals surface area contributed by atoms with Crippen molar-refractivity contribution < 1.29 is 14.3 Å². The summed E-state index contributed by atoms with van der Waals surface area (Å²) in [5.74, 6) is -1.23. The summed E-state index contributed by atoms with van der Waals surface area (Å²) in [6.07, 6.45) is 0. The number of amides is 1. The van der Waals surface area contributed by atoms with Crippen LogP contribution in [0.5, 0.6) is 0 Å². The standard InChI is InChI=1S/C14H12N2O3/c1-3-19-14(18)10(7-15)12-9-6-8(2)4-5-11(9)16-13(12)17/h4-6H,3H2,1-2H3,(H,16,17). The van der Waals surface area contributed by atoms with Crippen molar-refractivity contribution in [3.63, 3.8) is 0 Å². The summed E-state index contributed by atoms with van der Waals surface area (Å²) in [6, 6.07) is 7.12. The number of fused-ring (bicyclic) bond motifs is 1. The highest BCUT2D eigenvalue weighted by Gasteiger charge is 2.30. The second kappa shape index (κ2) is 4.94. The molecule has 0 aliphatic carbocycles. The van der Waals surface area contributed by atoms with Crippen molar-refractivity contribution in [2.45, 2.75) is 13.8 Å². The summed E-state index contributed by atoms with van der Waals surface area (Å²) in [4.78, 5) is 23.6. The van der Waals surface area contributed by atoms with Crippen LogP contribution in [0.15, 0.2) is 23.8 Å². The van der Waals surface area contributed by atoms with Crippen LogP contribution in [0.4, 0.5) is 5.69 Å². The number of hydrogen-bond donors (Lipinski definition) is 1. The van der Waals surface area contributed by atoms with E-state index in [4.69, 9.17) is 10.00 Å². The molecule has 0 saturated carbocycles. The number of rotatable bonds is 2. The van der Waals surface area contributed by atoms with Gasteiger partial charge in [0.25, 0.3) is 5.91 Å². The Bertz CT molecular complexity index is 639. The molecular weight excluding hydrogens is 244 g/mol. The van der Waals surface area contributed by atoms with Gasteiger partial charge in [-0.15, -0.1) is 0 Å². The molecule has 0 spiro atoms. The van der Waals surface area contributed by atoms with E-state index in [0.29, 0.717) is 11.3 Å². The third kappa shape index (κ3) is 2.20. The Labute approximate surface area is 110 Å². The van der Waals surface area contributed by atoms with Crippen molar-refractivity contribution in [1.29, 1.82) is 5.26 Å². The highest BCUT2D eigenvalue weighted by molar-refractivity contribution is 6.35. The Morgan fingerprint density at radius 1 is 1.47 bits per heavy atom. The first kappa shape index (κ1) is 12.8. The van der Waals surface area contributed by atoms with Gasteiger partial charge in [-0.25, -0.2) is 4.79 Å². The molecule has 0 atom stereocenters. The van der Waals surface area contributed by atoms with E-state index in [-0.39, 0.29) is 17.8 Å². The molecule has 5 heteroatoms. The number of carbonyl (C=O) groups is 2. The molecule has 1 aromatic rings. The molecule has 5 nitrogen and oxygen atoms in total. The third-order valence-corrected chi connectivity index (χ3v) is 2.76. The molecule has 1 amide bonds. The lowest BCUT2D eigenvalue weighted by molar-refractivity contribution is -0.138. The van der Waals surface area contributed by atoms with Crippen LogP contribution in [0.1, 0.15) is 18.1 Å². The third-order valence-electron chi connectivity index (χ3n) is 2.76. The zero-order valence-electron chi connectivity index (χ0n) is 10.6. The molecular formula is C14H12N2O3. The number of ether oxygens (including phenoxy) is 1. The van der Waals surface area contributed by atoms with Gasteiger partial charge in [0, 0.05) is 11.3 Å². The zero-order chi connectivity index (χ0) is 14.0. The van der Waals surface area contributed by atoms with Gasteiger partial charge in [0.1, 0.15) is 6.07 Å². The van der Waals surface area contributed by atoms with Gasteiger partial charge in [0.2, 0.25) is 0 Å². The maximum Gasteiger partial charge on any atom is 0.349 e. The van der Waals surface area contributed by atoms with Crippen LogP contribution in [0.25, 0.3) is 5.57 Å². The lowest BCUT2D eigenvalue weighted by Gasteiger charge is -2.03. The molecule has 0 saturated heterocycles. The number of nitrogens with zero attached hydrogens (tertiary/aromatic N) is 1. The van der Waals surface area contributed by atoms with Gasteiger partial charge >= 0.3 is 5.97 Å². The molecule has 1 aliphatic rings. The quantitative estimate of drug-likeness (QED) is 0.497. The van der Waals surface area contributed by atoms with E-state index in [2.05, 4.69) is 5.32 Å². The number of aryl methyl sites for hydroxylation is 1. The molecule has 0 fully saturated rings. The molecule has 1 N–H and O–H groups in total. The first-order valence-corrected chi connectivity index (χ1v) is 5.82. The number of nitrogens with one attached hydrogen (secondary N) is 1. The summed E-state index contributed by atoms with van der Waals surface area (Å²) in [7, 11) is 0. The Balaban J connectivity index is 2.62. The number of hydrogen-bond acceptors (Lipinski definition) is 4. The summed E-state index contributed by atoms with van der Waals surface area (Å²) < 4.78 is 4.80. The maximum atomic E-state index is 11.9. The van der Waals surface area contributed by atoms with Crippen LogP contribution in [0, 0.1) is 18.3 Å². The Morgan fingerprint density at radius 3 is 2.84 bits per heavy atom. The Hall–Kier alpha value is -2.61. The smallest absolute Gasteiger partial charge is 0.349 e. The SMILES string of the molecule is CCOC(=O)C(C#N)=C1C(=O)Nc2ccc(C)cc21. The zero-order valence-corrected chi connectivity index (χ0v) is 10.6. The number of carbonyl (C=O) groups excluding carboxylic acids is 2. The van der Waals surface area contributed by atoms with Crippen molar-refractivity contribution in [3.05, 3.63) is 34.9 Å². The van der Waals surface area contributed by atoms with Crippen molar-refractivity contribution in [2.24, 2.45) is 0 Å². The summed E-state index contributed by atoms with van der Waals surface area (Å²) in [5, 5.41) is 11.7. The fourth-order valence-electron chi connectivity index (χ4n) is 1.94. The van der Waals surface area contributed by atoms with Crippen LogP contribution in [0.2, 0.25) is 0 Å². The molecule has 0 bridgehead atoms. The van der Waals surface area contributed by atoms with Gasteiger partial charge in [0.15, 0.2) is 5.57 Å². The van der Waals surface area contributed by atoms with E-state index >= 15 is 0 Å². The Morgan fingerprint density at radius 2 is 2.21 bits per heavy atom. The number of esters is 1. The molecule has 1 aromatic carbocycles. The fraction of sp³-hybridized carbons (Fsp3) is 0.214. The second-order valence-corrected chi connectivity index (χ2v) is 4.09. The van der Waals surface area contributed by atoms with Crippen molar-refractivity contribution in [2.75, 3.05) is 11.9 Å². The topological polar surface area (TPSA) is 79.2 Å². The van der Waals surface area contributed by atoms with Crippen LogP contribution in [-0.4, -0.2) is 18.5 Å². The number of nitriles is 1. The van der Waals surface area contributed by atoms with Gasteiger partial charge in [-0.05, 0) is 26.0 Å². The fourth-order valence-corrected chi connectivity index (χ4v) is 1.94. The van der Waals surface area contributed by atoms with Gasteiger partial charge < -0.3 is 10.1 Å². The molecule has 0 radical (unpaired) electrons. The molecule has 0 aromatic heterocycles. The summed E-state index contributed by atoms with van der Waals surface area (Å²) in [5.41, 5.74) is 1.93. The largest absolute Gasteiger partial charge is 0.462 e. The van der Waals surface area contributed by atoms with E-state index in [0.717, 1.165) is 5.56 Å². The summed E-state index contributed by atoms with van der Waals surface area (Å²) >= 11 is 0. The lowest BCUT2D eigenvalue weighted by atomic mass is 10.00. The van der Waals surface area contributed by atoms with Crippen molar-refractivity contribution in [3.8, 4) is 6.07 Å². The average molecular weight is 256 g/mol. The van der Waals surface area contributed by atoms with Crippen molar-refractivity contribution in [1.82, 2.24) is 0 Å². The van der Waals surface area contributed by atoms with Crippen molar-refractivity contribution >= 4 is 23.1 Å². The minimum absolute atomic E-state index is 0.0830. The number of anilines is 1. The van der Waals surface area contributed by atoms with Gasteiger partial charge in [-0.2, -0.15) is 5.26 Å². The molecule has 2 rings (SSSR count). The van der Waals surface area contributed by atoms with Crippen LogP contribution in [-0.2, 0) is 14.3 Å². The molecule has 96 valence electrons. The van der Waals surface area contributed by atoms with Gasteiger partial charge in [-0.1, -0.05) is 11.6 Å². The highest BCUT2D eigenvalue weighted by atomic mass is 16.5. The molecule has 1 heterocycles. The van der Waals surface area contributed by atoms with Crippen LogP contribution >= 0.6 is 0 Å². The van der Waals surface area contributed by atoms with Gasteiger partial charge in [0.05, 0.1) is 12.2 Å². The van der Waals surface area contributed by atoms with E-state index in [1.807, 2.05) is 13.0 Å². The van der Waals surface area contributed by atoms with E-state index in [9.17, 15) is 9.59 Å². The minimum Gasteiger partial charge on any atom is -0.462 e.